The highest BCUT2D eigenvalue weighted by atomic mass is 32.1. The first-order valence-corrected chi connectivity index (χ1v) is 10.5. The van der Waals surface area contributed by atoms with E-state index in [2.05, 4.69) is 22.5 Å². The number of thiazole rings is 1. The number of hydrogen-bond acceptors (Lipinski definition) is 4. The summed E-state index contributed by atoms with van der Waals surface area (Å²) in [6, 6.07) is 7.98. The molecule has 6 heteroatoms. The number of amides is 1. The van der Waals surface area contributed by atoms with Gasteiger partial charge in [0.05, 0.1) is 19.2 Å². The molecule has 0 radical (unpaired) electrons. The van der Waals surface area contributed by atoms with E-state index >= 15 is 0 Å². The van der Waals surface area contributed by atoms with Crippen molar-refractivity contribution in [1.29, 1.82) is 0 Å². The topological polar surface area (TPSA) is 70.1 Å². The molecule has 1 amide bonds. The van der Waals surface area contributed by atoms with Crippen LogP contribution in [0.3, 0.4) is 0 Å². The Balaban J connectivity index is 2.17. The summed E-state index contributed by atoms with van der Waals surface area (Å²) in [7, 11) is 1.68. The molecule has 0 saturated carbocycles. The first kappa shape index (κ1) is 20.1. The Morgan fingerprint density at radius 2 is 2.07 bits per heavy atom. The summed E-state index contributed by atoms with van der Waals surface area (Å²) in [6.07, 6.45) is 5.99. The summed E-state index contributed by atoms with van der Waals surface area (Å²) < 4.78 is 7.75. The third kappa shape index (κ3) is 3.97. The van der Waals surface area contributed by atoms with Crippen molar-refractivity contribution in [3.63, 3.8) is 0 Å². The largest absolute Gasteiger partial charge is 0.496 e. The molecule has 0 aliphatic carbocycles. The van der Waals surface area contributed by atoms with Gasteiger partial charge in [0.2, 0.25) is 0 Å². The van der Waals surface area contributed by atoms with E-state index in [0.29, 0.717) is 12.1 Å². The highest BCUT2D eigenvalue weighted by molar-refractivity contribution is 7.13. The van der Waals surface area contributed by atoms with E-state index in [1.54, 1.807) is 24.6 Å². The molecular weight excluding hydrogens is 370 g/mol. The van der Waals surface area contributed by atoms with E-state index in [1.807, 2.05) is 30.5 Å². The molecule has 1 aromatic carbocycles. The third-order valence-electron chi connectivity index (χ3n) is 5.06. The monoisotopic (exact) mass is 397 g/mol. The molecule has 0 fully saturated rings. The molecule has 2 heterocycles. The molecule has 3 aromatic rings. The van der Waals surface area contributed by atoms with Gasteiger partial charge in [-0.15, -0.1) is 11.3 Å². The number of rotatable bonds is 9. The van der Waals surface area contributed by atoms with Gasteiger partial charge in [0, 0.05) is 34.1 Å². The second-order valence-electron chi connectivity index (χ2n) is 6.84. The molecule has 5 nitrogen and oxygen atoms in total. The number of benzene rings is 1. The Kier molecular flexibility index (Phi) is 6.52. The molecule has 0 spiro atoms. The van der Waals surface area contributed by atoms with Gasteiger partial charge in [0.15, 0.2) is 0 Å². The lowest BCUT2D eigenvalue weighted by molar-refractivity contribution is 0.1000. The zero-order valence-corrected chi connectivity index (χ0v) is 17.5. The zero-order chi connectivity index (χ0) is 20.1. The zero-order valence-electron chi connectivity index (χ0n) is 16.7. The number of ether oxygens (including phenoxy) is 1. The lowest BCUT2D eigenvalue weighted by Crippen LogP contribution is -2.13. The van der Waals surface area contributed by atoms with Crippen LogP contribution in [-0.2, 0) is 13.0 Å². The molecule has 0 aliphatic heterocycles. The Morgan fingerprint density at radius 1 is 1.29 bits per heavy atom. The average molecular weight is 398 g/mol. The number of carbonyl (C=O) groups excluding carboxylic acids is 1. The van der Waals surface area contributed by atoms with Crippen LogP contribution in [0.1, 0.15) is 53.5 Å². The van der Waals surface area contributed by atoms with E-state index in [-0.39, 0.29) is 0 Å². The minimum Gasteiger partial charge on any atom is -0.496 e. The highest BCUT2D eigenvalue weighted by Gasteiger charge is 2.26. The van der Waals surface area contributed by atoms with Crippen molar-refractivity contribution in [2.24, 2.45) is 5.73 Å². The SMILES string of the molecule is CCCCCc1c(-c2nccs2)c(C(N)=O)c(C)n1Cc1ccccc1OC. The van der Waals surface area contributed by atoms with Gasteiger partial charge in [-0.1, -0.05) is 38.0 Å². The first-order chi connectivity index (χ1) is 13.6. The predicted octanol–water partition coefficient (Wildman–Crippen LogP) is 4.81. The van der Waals surface area contributed by atoms with Crippen LogP contribution in [0, 0.1) is 6.92 Å². The molecule has 2 N–H and O–H groups in total. The van der Waals surface area contributed by atoms with Gasteiger partial charge in [-0.05, 0) is 25.8 Å². The number of hydrogen-bond donors (Lipinski definition) is 1. The lowest BCUT2D eigenvalue weighted by atomic mass is 10.0. The van der Waals surface area contributed by atoms with Crippen molar-refractivity contribution in [1.82, 2.24) is 9.55 Å². The van der Waals surface area contributed by atoms with Gasteiger partial charge in [0.25, 0.3) is 5.91 Å². The molecule has 2 aromatic heterocycles. The van der Waals surface area contributed by atoms with Crippen LogP contribution in [-0.4, -0.2) is 22.6 Å². The summed E-state index contributed by atoms with van der Waals surface area (Å²) in [4.78, 5) is 16.9. The van der Waals surface area contributed by atoms with Crippen LogP contribution < -0.4 is 10.5 Å². The number of primary amides is 1. The first-order valence-electron chi connectivity index (χ1n) is 9.62. The van der Waals surface area contributed by atoms with Crippen LogP contribution in [0.4, 0.5) is 0 Å². The van der Waals surface area contributed by atoms with Gasteiger partial charge in [-0.3, -0.25) is 4.79 Å². The summed E-state index contributed by atoms with van der Waals surface area (Å²) in [6.45, 7) is 4.79. The Morgan fingerprint density at radius 3 is 2.71 bits per heavy atom. The number of nitrogens with zero attached hydrogens (tertiary/aromatic N) is 2. The fourth-order valence-corrected chi connectivity index (χ4v) is 4.41. The van der Waals surface area contributed by atoms with E-state index in [4.69, 9.17) is 10.5 Å². The van der Waals surface area contributed by atoms with Crippen LogP contribution in [0.25, 0.3) is 10.6 Å². The van der Waals surface area contributed by atoms with E-state index in [9.17, 15) is 4.79 Å². The molecule has 0 aliphatic rings. The third-order valence-corrected chi connectivity index (χ3v) is 5.85. The number of para-hydroxylation sites is 1. The maximum Gasteiger partial charge on any atom is 0.251 e. The van der Waals surface area contributed by atoms with Crippen LogP contribution in [0.5, 0.6) is 5.75 Å². The summed E-state index contributed by atoms with van der Waals surface area (Å²) in [5, 5.41) is 2.78. The van der Waals surface area contributed by atoms with E-state index in [0.717, 1.165) is 59.0 Å². The lowest BCUT2D eigenvalue weighted by Gasteiger charge is -2.15. The van der Waals surface area contributed by atoms with E-state index in [1.165, 1.54) is 0 Å². The van der Waals surface area contributed by atoms with Crippen LogP contribution in [0.2, 0.25) is 0 Å². The minimum atomic E-state index is -0.404. The molecule has 0 saturated heterocycles. The van der Waals surface area contributed by atoms with Crippen molar-refractivity contribution < 1.29 is 9.53 Å². The van der Waals surface area contributed by atoms with Gasteiger partial charge in [0.1, 0.15) is 10.8 Å². The molecule has 0 unspecified atom stereocenters. The molecule has 0 bridgehead atoms. The number of methoxy groups -OCH3 is 1. The Labute approximate surface area is 170 Å². The number of unbranched alkanes of at least 4 members (excludes halogenated alkanes) is 2. The molecule has 0 atom stereocenters. The molecule has 28 heavy (non-hydrogen) atoms. The van der Waals surface area contributed by atoms with Gasteiger partial charge < -0.3 is 15.0 Å². The van der Waals surface area contributed by atoms with Crippen molar-refractivity contribution in [3.05, 3.63) is 58.4 Å². The van der Waals surface area contributed by atoms with Gasteiger partial charge in [-0.25, -0.2) is 4.98 Å². The Hall–Kier alpha value is -2.60. The fraction of sp³-hybridized carbons (Fsp3) is 0.364. The van der Waals surface area contributed by atoms with Crippen molar-refractivity contribution in [3.8, 4) is 16.3 Å². The fourth-order valence-electron chi connectivity index (χ4n) is 3.70. The molecular formula is C22H27N3O2S. The summed E-state index contributed by atoms with van der Waals surface area (Å²) >= 11 is 1.54. The van der Waals surface area contributed by atoms with E-state index < -0.39 is 5.91 Å². The van der Waals surface area contributed by atoms with Crippen LogP contribution in [0.15, 0.2) is 35.8 Å². The number of aromatic nitrogens is 2. The van der Waals surface area contributed by atoms with Crippen molar-refractivity contribution >= 4 is 17.2 Å². The second kappa shape index (κ2) is 9.06. The van der Waals surface area contributed by atoms with Crippen molar-refractivity contribution in [2.75, 3.05) is 7.11 Å². The standard InChI is InChI=1S/C22H27N3O2S/c1-4-5-6-10-17-20(22-24-12-13-28-22)19(21(23)26)15(2)25(17)14-16-9-7-8-11-18(16)27-3/h7-9,11-13H,4-6,10,14H2,1-3H3,(H2,23,26). The van der Waals surface area contributed by atoms with Gasteiger partial charge >= 0.3 is 0 Å². The van der Waals surface area contributed by atoms with Crippen molar-refractivity contribution in [2.45, 2.75) is 46.1 Å². The predicted molar refractivity (Wildman–Crippen MR) is 114 cm³/mol. The Bertz CT molecular complexity index is 945. The molecule has 3 rings (SSSR count). The smallest absolute Gasteiger partial charge is 0.251 e. The number of carbonyl (C=O) groups is 1. The van der Waals surface area contributed by atoms with Crippen LogP contribution >= 0.6 is 11.3 Å². The normalized spacial score (nSPS) is 11.0. The summed E-state index contributed by atoms with van der Waals surface area (Å²) in [5.74, 6) is 0.435. The second-order valence-corrected chi connectivity index (χ2v) is 7.73. The van der Waals surface area contributed by atoms with Gasteiger partial charge in [-0.2, -0.15) is 0 Å². The highest BCUT2D eigenvalue weighted by Crippen LogP contribution is 2.36. The maximum absolute atomic E-state index is 12.4. The minimum absolute atomic E-state index is 0.404. The number of nitrogens with two attached hydrogens (primary N) is 1. The quantitative estimate of drug-likeness (QED) is 0.527. The average Bonchev–Trinajstić information content (AvgIpc) is 3.30. The maximum atomic E-state index is 12.4. The summed E-state index contributed by atoms with van der Waals surface area (Å²) in [5.41, 5.74) is 10.4. The molecule has 148 valence electrons.